The van der Waals surface area contributed by atoms with Gasteiger partial charge in [0.05, 0.1) is 0 Å². The first-order chi connectivity index (χ1) is 14.7. The first-order valence-electron chi connectivity index (χ1n) is 10.6. The van der Waals surface area contributed by atoms with Crippen LogP contribution in [-0.4, -0.2) is 46.3 Å². The largest absolute Gasteiger partial charge is 0.343 e. The summed E-state index contributed by atoms with van der Waals surface area (Å²) in [6.07, 6.45) is 1.75. The normalized spacial score (nSPS) is 21.0. The average molecular weight is 419 g/mol. The van der Waals surface area contributed by atoms with E-state index >= 15 is 0 Å². The van der Waals surface area contributed by atoms with Gasteiger partial charge in [0.2, 0.25) is 11.0 Å². The molecule has 6 heteroatoms. The molecule has 1 amide bonds. The van der Waals surface area contributed by atoms with Crippen LogP contribution in [0.1, 0.15) is 34.9 Å². The van der Waals surface area contributed by atoms with Gasteiger partial charge in [0, 0.05) is 50.1 Å². The molecule has 154 valence electrons. The number of rotatable bonds is 5. The summed E-state index contributed by atoms with van der Waals surface area (Å²) in [5.41, 5.74) is 3.79. The molecule has 0 spiro atoms. The van der Waals surface area contributed by atoms with Gasteiger partial charge in [-0.3, -0.25) is 4.79 Å². The van der Waals surface area contributed by atoms with Crippen LogP contribution in [0.5, 0.6) is 0 Å². The molecule has 2 aliphatic rings. The monoisotopic (exact) mass is 418 g/mol. The molecule has 5 rings (SSSR count). The van der Waals surface area contributed by atoms with Crippen molar-refractivity contribution >= 4 is 22.6 Å². The molecule has 2 heterocycles. The van der Waals surface area contributed by atoms with Crippen LogP contribution in [0, 0.1) is 12.8 Å². The minimum atomic E-state index is 0.168. The van der Waals surface area contributed by atoms with Gasteiger partial charge < -0.3 is 9.80 Å². The van der Waals surface area contributed by atoms with Gasteiger partial charge in [-0.1, -0.05) is 60.2 Å². The zero-order valence-electron chi connectivity index (χ0n) is 17.2. The smallest absolute Gasteiger partial charge is 0.226 e. The van der Waals surface area contributed by atoms with E-state index in [1.54, 1.807) is 0 Å². The Labute approximate surface area is 181 Å². The van der Waals surface area contributed by atoms with Gasteiger partial charge in [-0.2, -0.15) is 4.37 Å². The third-order valence-corrected chi connectivity index (χ3v) is 6.95. The molecule has 1 saturated heterocycles. The molecule has 0 radical (unpaired) electrons. The molecule has 1 aliphatic heterocycles. The van der Waals surface area contributed by atoms with Gasteiger partial charge in [0.25, 0.3) is 0 Å². The zero-order valence-corrected chi connectivity index (χ0v) is 18.0. The lowest BCUT2D eigenvalue weighted by Gasteiger charge is -2.34. The maximum atomic E-state index is 12.9. The lowest BCUT2D eigenvalue weighted by atomic mass is 10.1. The summed E-state index contributed by atoms with van der Waals surface area (Å²) in [4.78, 5) is 22.0. The first kappa shape index (κ1) is 19.2. The van der Waals surface area contributed by atoms with Crippen LogP contribution < -0.4 is 4.90 Å². The molecule has 5 nitrogen and oxygen atoms in total. The molecule has 3 aromatic rings. The molecular formula is C24H26N4OS. The van der Waals surface area contributed by atoms with Gasteiger partial charge in [0.15, 0.2) is 0 Å². The Kier molecular flexibility index (Phi) is 5.25. The van der Waals surface area contributed by atoms with Crippen molar-refractivity contribution in [3.63, 3.8) is 0 Å². The Balaban J connectivity index is 1.14. The van der Waals surface area contributed by atoms with Crippen molar-refractivity contribution < 1.29 is 4.79 Å². The third-order valence-electron chi connectivity index (χ3n) is 6.14. The Bertz CT molecular complexity index is 1010. The molecule has 30 heavy (non-hydrogen) atoms. The summed E-state index contributed by atoms with van der Waals surface area (Å²) in [6, 6.07) is 19.0. The number of aromatic nitrogens is 2. The number of hydrogen-bond acceptors (Lipinski definition) is 5. The fourth-order valence-corrected chi connectivity index (χ4v) is 4.96. The number of anilines is 1. The number of amides is 1. The molecular weight excluding hydrogens is 392 g/mol. The highest BCUT2D eigenvalue weighted by molar-refractivity contribution is 7.09. The second-order valence-corrected chi connectivity index (χ2v) is 9.06. The van der Waals surface area contributed by atoms with Gasteiger partial charge in [0.1, 0.15) is 5.82 Å². The number of carbonyl (C=O) groups is 1. The van der Waals surface area contributed by atoms with Crippen molar-refractivity contribution in [1.29, 1.82) is 0 Å². The summed E-state index contributed by atoms with van der Waals surface area (Å²) in [7, 11) is 0. The van der Waals surface area contributed by atoms with Crippen LogP contribution in [0.25, 0.3) is 0 Å². The predicted molar refractivity (Wildman–Crippen MR) is 120 cm³/mol. The summed E-state index contributed by atoms with van der Waals surface area (Å²) < 4.78 is 4.55. The fraction of sp³-hybridized carbons (Fsp3) is 0.375. The van der Waals surface area contributed by atoms with E-state index < -0.39 is 0 Å². The number of hydrogen-bond donors (Lipinski definition) is 0. The maximum absolute atomic E-state index is 12.9. The van der Waals surface area contributed by atoms with Gasteiger partial charge in [-0.25, -0.2) is 4.98 Å². The Hall–Kier alpha value is -2.73. The number of benzene rings is 2. The SMILES string of the molecule is Cc1ccc(Cc2nsc(N3CCN(C(=O)[C@@H]4C[C@H]4c4ccccc4)CC3)n2)cc1. The average Bonchev–Trinajstić information content (AvgIpc) is 3.46. The minimum absolute atomic E-state index is 0.168. The van der Waals surface area contributed by atoms with E-state index in [1.807, 2.05) is 11.0 Å². The van der Waals surface area contributed by atoms with Crippen molar-refractivity contribution in [2.45, 2.75) is 25.7 Å². The number of nitrogens with zero attached hydrogens (tertiary/aromatic N) is 4. The Morgan fingerprint density at radius 3 is 2.50 bits per heavy atom. The molecule has 0 unspecified atom stereocenters. The quantitative estimate of drug-likeness (QED) is 0.631. The van der Waals surface area contributed by atoms with Crippen LogP contribution in [-0.2, 0) is 11.2 Å². The van der Waals surface area contributed by atoms with E-state index in [-0.39, 0.29) is 5.92 Å². The van der Waals surface area contributed by atoms with Gasteiger partial charge in [-0.05, 0) is 30.4 Å². The zero-order chi connectivity index (χ0) is 20.5. The topological polar surface area (TPSA) is 49.3 Å². The van der Waals surface area contributed by atoms with Crippen molar-refractivity contribution in [2.75, 3.05) is 31.1 Å². The third kappa shape index (κ3) is 4.10. The van der Waals surface area contributed by atoms with Crippen LogP contribution in [0.2, 0.25) is 0 Å². The van der Waals surface area contributed by atoms with Crippen molar-refractivity contribution in [3.8, 4) is 0 Å². The summed E-state index contributed by atoms with van der Waals surface area (Å²) in [5.74, 6) is 1.77. The lowest BCUT2D eigenvalue weighted by molar-refractivity contribution is -0.132. The molecule has 2 atom stereocenters. The van der Waals surface area contributed by atoms with Gasteiger partial charge >= 0.3 is 0 Å². The number of carbonyl (C=O) groups excluding carboxylic acids is 1. The molecule has 0 bridgehead atoms. The van der Waals surface area contributed by atoms with E-state index in [1.165, 1.54) is 28.2 Å². The fourth-order valence-electron chi connectivity index (χ4n) is 4.22. The van der Waals surface area contributed by atoms with Crippen molar-refractivity contribution in [2.24, 2.45) is 5.92 Å². The van der Waals surface area contributed by atoms with Gasteiger partial charge in [-0.15, -0.1) is 0 Å². The minimum Gasteiger partial charge on any atom is -0.343 e. The van der Waals surface area contributed by atoms with E-state index in [9.17, 15) is 4.79 Å². The van der Waals surface area contributed by atoms with Crippen molar-refractivity contribution in [3.05, 3.63) is 77.1 Å². The van der Waals surface area contributed by atoms with E-state index in [2.05, 4.69) is 64.7 Å². The van der Waals surface area contributed by atoms with Crippen LogP contribution in [0.15, 0.2) is 54.6 Å². The van der Waals surface area contributed by atoms with Crippen LogP contribution >= 0.6 is 11.5 Å². The Morgan fingerprint density at radius 2 is 1.77 bits per heavy atom. The first-order valence-corrected chi connectivity index (χ1v) is 11.4. The maximum Gasteiger partial charge on any atom is 0.226 e. The van der Waals surface area contributed by atoms with Crippen LogP contribution in [0.4, 0.5) is 5.13 Å². The number of aryl methyl sites for hydroxylation is 1. The van der Waals surface area contributed by atoms with E-state index in [0.29, 0.717) is 11.8 Å². The second-order valence-electron chi connectivity index (χ2n) is 8.33. The van der Waals surface area contributed by atoms with Crippen molar-refractivity contribution in [1.82, 2.24) is 14.3 Å². The highest BCUT2D eigenvalue weighted by atomic mass is 32.1. The van der Waals surface area contributed by atoms with Crippen LogP contribution in [0.3, 0.4) is 0 Å². The Morgan fingerprint density at radius 1 is 1.03 bits per heavy atom. The molecule has 1 aromatic heterocycles. The number of piperazine rings is 1. The molecule has 2 fully saturated rings. The standard InChI is InChI=1S/C24H26N4OS/c1-17-7-9-18(10-8-17)15-22-25-24(30-26-22)28-13-11-27(12-14-28)23(29)21-16-20(21)19-5-3-2-4-6-19/h2-10,20-21H,11-16H2,1H3/t20-,21+/m0/s1. The highest BCUT2D eigenvalue weighted by Crippen LogP contribution is 2.48. The summed E-state index contributed by atoms with van der Waals surface area (Å²) in [6.45, 7) is 5.28. The molecule has 0 N–H and O–H groups in total. The second kappa shape index (κ2) is 8.19. The predicted octanol–water partition coefficient (Wildman–Crippen LogP) is 3.89. The van der Waals surface area contributed by atoms with E-state index in [4.69, 9.17) is 4.98 Å². The summed E-state index contributed by atoms with van der Waals surface area (Å²) in [5, 5.41) is 0.970. The molecule has 2 aromatic carbocycles. The van der Waals surface area contributed by atoms with E-state index in [0.717, 1.165) is 50.0 Å². The summed E-state index contributed by atoms with van der Waals surface area (Å²) >= 11 is 1.47. The highest BCUT2D eigenvalue weighted by Gasteiger charge is 2.46. The lowest BCUT2D eigenvalue weighted by Crippen LogP contribution is -2.49. The molecule has 1 saturated carbocycles. The molecule has 1 aliphatic carbocycles.